The maximum atomic E-state index is 14.0. The molecule has 38 heavy (non-hydrogen) atoms. The van der Waals surface area contributed by atoms with E-state index in [0.29, 0.717) is 24.3 Å². The van der Waals surface area contributed by atoms with Crippen molar-refractivity contribution in [1.29, 1.82) is 0 Å². The first-order valence-corrected chi connectivity index (χ1v) is 11.6. The number of amides is 1. The Morgan fingerprint density at radius 3 is 1.29 bits per heavy atom. The summed E-state index contributed by atoms with van der Waals surface area (Å²) in [5, 5.41) is 0. The number of alkyl halides is 12. The Kier molecular flexibility index (Phi) is 5.75. The molecule has 0 bridgehead atoms. The zero-order chi connectivity index (χ0) is 28.7. The van der Waals surface area contributed by atoms with E-state index < -0.39 is 65.8 Å². The molecule has 0 spiro atoms. The Bertz CT molecular complexity index is 1160. The fourth-order valence-corrected chi connectivity index (χ4v) is 7.79. The molecular formula is C19H10F12NO5P. The van der Waals surface area contributed by atoms with Gasteiger partial charge in [-0.3, -0.25) is 0 Å². The number of halogens is 12. The number of para-hydroxylation sites is 2. The molecular weight excluding hydrogens is 581 g/mol. The van der Waals surface area contributed by atoms with Crippen LogP contribution in [0.3, 0.4) is 0 Å². The Labute approximate surface area is 202 Å². The monoisotopic (exact) mass is 591 g/mol. The zero-order valence-corrected chi connectivity index (χ0v) is 18.6. The minimum atomic E-state index is -7.74. The van der Waals surface area contributed by atoms with Gasteiger partial charge >= 0.3 is 202 Å². The second-order valence-corrected chi connectivity index (χ2v) is 10.4. The van der Waals surface area contributed by atoms with Gasteiger partial charge in [0, 0.05) is 0 Å². The topological polar surface area (TPSA) is 57.2 Å². The van der Waals surface area contributed by atoms with E-state index in [1.165, 1.54) is 12.1 Å². The van der Waals surface area contributed by atoms with Crippen LogP contribution in [-0.4, -0.2) is 46.6 Å². The standard InChI is InChI=1S/C19H10F12NO5P/c20-16(21,22)14(17(23,24)25)13(33)32-15(18(26,27)28,19(29,30)31)37-38(32,36-14,34-11-7-3-1-4-8-11)35-12-9-5-2-6-10-12/h1-10H. The third-order valence-corrected chi connectivity index (χ3v) is 8.56. The first kappa shape index (κ1) is 28.0. The van der Waals surface area contributed by atoms with E-state index in [-0.39, 0.29) is 0 Å². The maximum absolute atomic E-state index is 14.0. The number of nitrogens with zero attached hydrogens (tertiary/aromatic N) is 1. The summed E-state index contributed by atoms with van der Waals surface area (Å²) in [4.78, 5) is 12.8. The number of benzene rings is 2. The van der Waals surface area contributed by atoms with Crippen molar-refractivity contribution < 1.29 is 75.6 Å². The van der Waals surface area contributed by atoms with Gasteiger partial charge in [-0.15, -0.1) is 0 Å². The van der Waals surface area contributed by atoms with E-state index in [9.17, 15) is 57.5 Å². The van der Waals surface area contributed by atoms with Gasteiger partial charge in [-0.1, -0.05) is 0 Å². The Hall–Kier alpha value is -2.98. The molecule has 2 saturated heterocycles. The van der Waals surface area contributed by atoms with E-state index in [4.69, 9.17) is 9.05 Å². The minimum absolute atomic E-state index is 0.716. The van der Waals surface area contributed by atoms with Gasteiger partial charge < -0.3 is 0 Å². The normalized spacial score (nSPS) is 23.0. The Morgan fingerprint density at radius 2 is 0.974 bits per heavy atom. The second kappa shape index (κ2) is 7.79. The van der Waals surface area contributed by atoms with Gasteiger partial charge in [-0.2, -0.15) is 0 Å². The number of carbonyl (C=O) groups is 1. The molecule has 0 atom stereocenters. The molecule has 0 aromatic heterocycles. The predicted octanol–water partition coefficient (Wildman–Crippen LogP) is 6.85. The van der Waals surface area contributed by atoms with E-state index in [1.807, 2.05) is 0 Å². The molecule has 2 aromatic rings. The van der Waals surface area contributed by atoms with Crippen LogP contribution in [0, 0.1) is 0 Å². The van der Waals surface area contributed by atoms with Crippen LogP contribution in [-0.2, 0) is 13.8 Å². The van der Waals surface area contributed by atoms with Crippen molar-refractivity contribution in [2.45, 2.75) is 36.0 Å². The van der Waals surface area contributed by atoms with Crippen LogP contribution in [0.2, 0.25) is 0 Å². The van der Waals surface area contributed by atoms with Gasteiger partial charge in [0.05, 0.1) is 0 Å². The average Bonchev–Trinajstić information content (AvgIpc) is 2.91. The van der Waals surface area contributed by atoms with Crippen LogP contribution in [0.1, 0.15) is 0 Å². The molecule has 0 radical (unpaired) electrons. The van der Waals surface area contributed by atoms with E-state index >= 15 is 0 Å². The van der Waals surface area contributed by atoms with Gasteiger partial charge in [0.2, 0.25) is 0 Å². The number of carbonyl (C=O) groups excluding carboxylic acids is 1. The van der Waals surface area contributed by atoms with Crippen LogP contribution in [0.25, 0.3) is 0 Å². The van der Waals surface area contributed by atoms with Crippen molar-refractivity contribution in [2.24, 2.45) is 0 Å². The molecule has 2 heterocycles. The molecule has 0 N–H and O–H groups in total. The average molecular weight is 591 g/mol. The molecule has 2 aromatic carbocycles. The van der Waals surface area contributed by atoms with Crippen LogP contribution in [0.5, 0.6) is 11.5 Å². The zero-order valence-electron chi connectivity index (χ0n) is 17.7. The molecule has 2 fully saturated rings. The molecule has 2 aliphatic heterocycles. The van der Waals surface area contributed by atoms with Crippen molar-refractivity contribution in [3.63, 3.8) is 0 Å². The number of fused-ring (bicyclic) bond motifs is 1. The SMILES string of the molecule is O=C1N2C(C(F)(F)F)(C(F)(F)F)OP2(Oc2ccccc2)(Oc2ccccc2)OC1(C(F)(F)F)C(F)(F)F. The van der Waals surface area contributed by atoms with Crippen molar-refractivity contribution in [1.82, 2.24) is 4.67 Å². The van der Waals surface area contributed by atoms with Crippen LogP contribution < -0.4 is 9.05 Å². The third-order valence-electron chi connectivity index (χ3n) is 5.26. The summed E-state index contributed by atoms with van der Waals surface area (Å²) in [6.07, 6.45) is -27.7. The van der Waals surface area contributed by atoms with Crippen molar-refractivity contribution in [2.75, 3.05) is 0 Å². The summed E-state index contributed by atoms with van der Waals surface area (Å²) in [7, 11) is -7.74. The molecule has 4 rings (SSSR count). The van der Waals surface area contributed by atoms with Gasteiger partial charge in [0.1, 0.15) is 0 Å². The van der Waals surface area contributed by atoms with Crippen LogP contribution in [0.15, 0.2) is 60.7 Å². The third kappa shape index (κ3) is 3.45. The van der Waals surface area contributed by atoms with Gasteiger partial charge in [0.25, 0.3) is 0 Å². The molecule has 1 amide bonds. The quantitative estimate of drug-likeness (QED) is 0.288. The Balaban J connectivity index is 2.14. The molecule has 0 saturated carbocycles. The van der Waals surface area contributed by atoms with Crippen molar-refractivity contribution in [3.8, 4) is 11.5 Å². The molecule has 19 heteroatoms. The van der Waals surface area contributed by atoms with Gasteiger partial charge in [-0.05, 0) is 0 Å². The fourth-order valence-electron chi connectivity index (χ4n) is 3.77. The van der Waals surface area contributed by atoms with E-state index in [1.54, 1.807) is 0 Å². The molecule has 2 aliphatic rings. The predicted molar refractivity (Wildman–Crippen MR) is 99.8 cm³/mol. The summed E-state index contributed by atoms with van der Waals surface area (Å²) in [5.74, 6) is -5.78. The summed E-state index contributed by atoms with van der Waals surface area (Å²) >= 11 is 0. The summed E-state index contributed by atoms with van der Waals surface area (Å²) in [5.41, 5.74) is -12.4. The first-order chi connectivity index (χ1) is 17.2. The summed E-state index contributed by atoms with van der Waals surface area (Å²) in [6.45, 7) is 0. The summed E-state index contributed by atoms with van der Waals surface area (Å²) < 4.78 is 184. The summed E-state index contributed by atoms with van der Waals surface area (Å²) in [6, 6.07) is 9.24. The Morgan fingerprint density at radius 1 is 0.605 bits per heavy atom. The fraction of sp³-hybridized carbons (Fsp3) is 0.316. The molecule has 210 valence electrons. The number of rotatable bonds is 4. The van der Waals surface area contributed by atoms with Crippen molar-refractivity contribution >= 4 is 13.6 Å². The van der Waals surface area contributed by atoms with Crippen molar-refractivity contribution in [3.05, 3.63) is 60.7 Å². The van der Waals surface area contributed by atoms with Gasteiger partial charge in [0.15, 0.2) is 0 Å². The first-order valence-electron chi connectivity index (χ1n) is 9.74. The molecule has 0 unspecified atom stereocenters. The van der Waals surface area contributed by atoms with E-state index in [2.05, 4.69) is 9.05 Å². The number of hydrogen-bond donors (Lipinski definition) is 0. The molecule has 0 aliphatic carbocycles. The van der Waals surface area contributed by atoms with Crippen LogP contribution in [0.4, 0.5) is 52.7 Å². The second-order valence-electron chi connectivity index (χ2n) is 7.70. The van der Waals surface area contributed by atoms with Gasteiger partial charge in [-0.25, -0.2) is 0 Å². The molecule has 6 nitrogen and oxygen atoms in total. The number of hydrogen-bond acceptors (Lipinski definition) is 5. The van der Waals surface area contributed by atoms with E-state index in [0.717, 1.165) is 24.3 Å². The van der Waals surface area contributed by atoms with Crippen LogP contribution >= 0.6 is 7.66 Å².